The van der Waals surface area contributed by atoms with Gasteiger partial charge in [0.25, 0.3) is 0 Å². The first-order valence-electron chi connectivity index (χ1n) is 7.00. The van der Waals surface area contributed by atoms with Crippen LogP contribution in [0.25, 0.3) is 0 Å². The van der Waals surface area contributed by atoms with Crippen LogP contribution in [0.3, 0.4) is 0 Å². The van der Waals surface area contributed by atoms with E-state index in [1.54, 1.807) is 0 Å². The summed E-state index contributed by atoms with van der Waals surface area (Å²) in [5, 5.41) is 3.71. The summed E-state index contributed by atoms with van der Waals surface area (Å²) >= 11 is 0. The quantitative estimate of drug-likeness (QED) is 0.800. The number of halogens is 1. The van der Waals surface area contributed by atoms with Gasteiger partial charge in [-0.25, -0.2) is 0 Å². The molecule has 0 radical (unpaired) electrons. The van der Waals surface area contributed by atoms with E-state index in [0.717, 1.165) is 6.54 Å². The molecule has 0 saturated carbocycles. The summed E-state index contributed by atoms with van der Waals surface area (Å²) < 4.78 is 0. The molecule has 1 aromatic rings. The lowest BCUT2D eigenvalue weighted by Crippen LogP contribution is -2.43. The highest BCUT2D eigenvalue weighted by atomic mass is 35.5. The normalized spacial score (nSPS) is 13.8. The Morgan fingerprint density at radius 1 is 1.00 bits per heavy atom. The van der Waals surface area contributed by atoms with Crippen LogP contribution in [0.5, 0.6) is 0 Å². The van der Waals surface area contributed by atoms with Crippen LogP contribution in [0.15, 0.2) is 30.3 Å². The van der Waals surface area contributed by atoms with Gasteiger partial charge >= 0.3 is 0 Å². The fourth-order valence-electron chi connectivity index (χ4n) is 2.72. The Morgan fingerprint density at radius 3 is 2.00 bits per heavy atom. The van der Waals surface area contributed by atoms with E-state index in [4.69, 9.17) is 0 Å². The summed E-state index contributed by atoms with van der Waals surface area (Å²) in [6, 6.07) is 10.7. The molecule has 0 aliphatic heterocycles. The predicted molar refractivity (Wildman–Crippen MR) is 88.3 cm³/mol. The van der Waals surface area contributed by atoms with Crippen molar-refractivity contribution in [2.45, 2.75) is 59.4 Å². The van der Waals surface area contributed by atoms with E-state index in [0.29, 0.717) is 11.3 Å². The van der Waals surface area contributed by atoms with Crippen LogP contribution >= 0.6 is 12.4 Å². The third-order valence-corrected chi connectivity index (χ3v) is 3.23. The van der Waals surface area contributed by atoms with E-state index in [1.807, 2.05) is 0 Å². The number of hydrogen-bond acceptors (Lipinski definition) is 1. The van der Waals surface area contributed by atoms with Gasteiger partial charge in [-0.2, -0.15) is 0 Å². The van der Waals surface area contributed by atoms with Crippen molar-refractivity contribution in [1.82, 2.24) is 5.32 Å². The molecule has 0 aliphatic carbocycles. The molecular weight excluding hydrogens is 254 g/mol. The first kappa shape index (κ1) is 18.5. The summed E-state index contributed by atoms with van der Waals surface area (Å²) in [5.41, 5.74) is 1.98. The van der Waals surface area contributed by atoms with Crippen molar-refractivity contribution in [3.63, 3.8) is 0 Å². The molecule has 0 aliphatic rings. The van der Waals surface area contributed by atoms with E-state index < -0.39 is 0 Å². The van der Waals surface area contributed by atoms with Gasteiger partial charge in [-0.05, 0) is 37.2 Å². The Kier molecular flexibility index (Phi) is 7.10. The second-order valence-electron chi connectivity index (χ2n) is 7.31. The zero-order chi connectivity index (χ0) is 13.8. The minimum atomic E-state index is 0. The monoisotopic (exact) mass is 283 g/mol. The molecular formula is C17H30ClN. The number of nitrogens with one attached hydrogen (secondary N) is 1. The van der Waals surface area contributed by atoms with Crippen LogP contribution in [0.1, 0.15) is 59.4 Å². The van der Waals surface area contributed by atoms with E-state index in [-0.39, 0.29) is 17.9 Å². The third-order valence-electron chi connectivity index (χ3n) is 3.23. The molecule has 0 spiro atoms. The van der Waals surface area contributed by atoms with Gasteiger partial charge in [0, 0.05) is 12.1 Å². The number of hydrogen-bond donors (Lipinski definition) is 1. The van der Waals surface area contributed by atoms with Gasteiger partial charge in [-0.3, -0.25) is 0 Å². The van der Waals surface area contributed by atoms with Crippen LogP contribution < -0.4 is 5.32 Å². The van der Waals surface area contributed by atoms with Crippen molar-refractivity contribution < 1.29 is 0 Å². The molecule has 1 rings (SSSR count). The molecule has 0 heterocycles. The minimum absolute atomic E-state index is 0. The van der Waals surface area contributed by atoms with Crippen molar-refractivity contribution in [3.05, 3.63) is 35.9 Å². The van der Waals surface area contributed by atoms with Gasteiger partial charge in [0.2, 0.25) is 0 Å². The van der Waals surface area contributed by atoms with Crippen molar-refractivity contribution in [1.29, 1.82) is 0 Å². The summed E-state index contributed by atoms with van der Waals surface area (Å²) in [4.78, 5) is 0. The zero-order valence-electron chi connectivity index (χ0n) is 13.3. The maximum absolute atomic E-state index is 3.71. The first-order valence-corrected chi connectivity index (χ1v) is 7.00. The summed E-state index contributed by atoms with van der Waals surface area (Å²) in [5.74, 6) is 0.561. The highest BCUT2D eigenvalue weighted by Crippen LogP contribution is 2.27. The molecule has 0 bridgehead atoms. The lowest BCUT2D eigenvalue weighted by Gasteiger charge is -2.34. The van der Waals surface area contributed by atoms with Gasteiger partial charge in [0.05, 0.1) is 0 Å². The Morgan fingerprint density at radius 2 is 1.53 bits per heavy atom. The van der Waals surface area contributed by atoms with Crippen molar-refractivity contribution in [2.75, 3.05) is 6.54 Å². The maximum Gasteiger partial charge on any atom is 0.0130 e. The molecule has 1 aromatic carbocycles. The smallest absolute Gasteiger partial charge is 0.0130 e. The van der Waals surface area contributed by atoms with Gasteiger partial charge in [0.1, 0.15) is 0 Å². The van der Waals surface area contributed by atoms with E-state index in [2.05, 4.69) is 77.2 Å². The van der Waals surface area contributed by atoms with Gasteiger partial charge in [-0.15, -0.1) is 12.4 Å². The van der Waals surface area contributed by atoms with Crippen LogP contribution in [0.2, 0.25) is 0 Å². The van der Waals surface area contributed by atoms with Crippen molar-refractivity contribution in [3.8, 4) is 0 Å². The molecule has 0 saturated heterocycles. The molecule has 1 atom stereocenters. The average Bonchev–Trinajstić information content (AvgIpc) is 2.24. The first-order chi connectivity index (χ1) is 8.20. The number of rotatable bonds is 5. The molecule has 1 N–H and O–H groups in total. The van der Waals surface area contributed by atoms with Crippen LogP contribution in [-0.4, -0.2) is 12.1 Å². The molecule has 0 aromatic heterocycles. The molecule has 0 amide bonds. The van der Waals surface area contributed by atoms with Gasteiger partial charge < -0.3 is 5.32 Å². The van der Waals surface area contributed by atoms with Crippen molar-refractivity contribution >= 4 is 12.4 Å². The highest BCUT2D eigenvalue weighted by Gasteiger charge is 2.25. The summed E-state index contributed by atoms with van der Waals surface area (Å²) in [6.07, 6.45) is 1.18. The fraction of sp³-hybridized carbons (Fsp3) is 0.647. The Hall–Kier alpha value is -0.530. The van der Waals surface area contributed by atoms with Crippen LogP contribution in [-0.2, 0) is 0 Å². The second-order valence-corrected chi connectivity index (χ2v) is 7.31. The zero-order valence-corrected chi connectivity index (χ0v) is 14.1. The minimum Gasteiger partial charge on any atom is -0.311 e. The third kappa shape index (κ3) is 7.59. The van der Waals surface area contributed by atoms with Crippen LogP contribution in [0.4, 0.5) is 0 Å². The van der Waals surface area contributed by atoms with E-state index in [1.165, 1.54) is 12.0 Å². The SMILES string of the molecule is CC(CNC(C)(C)CC(C)(C)C)c1ccccc1.Cl. The maximum atomic E-state index is 3.71. The van der Waals surface area contributed by atoms with Gasteiger partial charge in [0.15, 0.2) is 0 Å². The van der Waals surface area contributed by atoms with E-state index >= 15 is 0 Å². The number of benzene rings is 1. The lowest BCUT2D eigenvalue weighted by atomic mass is 9.81. The molecule has 110 valence electrons. The highest BCUT2D eigenvalue weighted by molar-refractivity contribution is 5.85. The molecule has 2 heteroatoms. The summed E-state index contributed by atoms with van der Waals surface area (Å²) in [7, 11) is 0. The largest absolute Gasteiger partial charge is 0.311 e. The van der Waals surface area contributed by atoms with Gasteiger partial charge in [-0.1, -0.05) is 58.0 Å². The standard InChI is InChI=1S/C17H29N.ClH/c1-14(15-10-8-7-9-11-15)12-18-17(5,6)13-16(2,3)4;/h7-11,14,18H,12-13H2,1-6H3;1H. The van der Waals surface area contributed by atoms with Crippen molar-refractivity contribution in [2.24, 2.45) is 5.41 Å². The van der Waals surface area contributed by atoms with E-state index in [9.17, 15) is 0 Å². The Balaban J connectivity index is 0.00000324. The Bertz CT molecular complexity index is 351. The molecule has 19 heavy (non-hydrogen) atoms. The average molecular weight is 284 g/mol. The topological polar surface area (TPSA) is 12.0 Å². The summed E-state index contributed by atoms with van der Waals surface area (Å²) in [6.45, 7) is 14.8. The Labute approximate surface area is 125 Å². The predicted octanol–water partition coefficient (Wildman–Crippen LogP) is 5.02. The second kappa shape index (κ2) is 7.31. The lowest BCUT2D eigenvalue weighted by molar-refractivity contribution is 0.240. The molecule has 1 unspecified atom stereocenters. The van der Waals surface area contributed by atoms with Crippen LogP contribution in [0, 0.1) is 5.41 Å². The molecule has 1 nitrogen and oxygen atoms in total. The molecule has 0 fully saturated rings. The fourth-order valence-corrected chi connectivity index (χ4v) is 2.72.